The molecule has 0 fully saturated rings. The summed E-state index contributed by atoms with van der Waals surface area (Å²) in [6.07, 6.45) is 0. The summed E-state index contributed by atoms with van der Waals surface area (Å²) in [6.45, 7) is 0.410. The third kappa shape index (κ3) is 2.82. The highest BCUT2D eigenvalue weighted by Gasteiger charge is 2.23. The standard InChI is InChI=1S/C22H12FN3O/c23-17-5-4-15(11-25)19(8-17)21-9-20-16(12-26-22(20)27)7-18(21)14-3-1-2-13(6-14)10-24/h1-9H,12H2,(H,26,27). The van der Waals surface area contributed by atoms with Gasteiger partial charge in [-0.3, -0.25) is 4.79 Å². The van der Waals surface area contributed by atoms with E-state index in [2.05, 4.69) is 17.5 Å². The number of nitriles is 2. The summed E-state index contributed by atoms with van der Waals surface area (Å²) in [4.78, 5) is 12.1. The Morgan fingerprint density at radius 3 is 2.52 bits per heavy atom. The Bertz CT molecular complexity index is 1190. The maximum atomic E-state index is 13.9. The lowest BCUT2D eigenvalue weighted by Gasteiger charge is -2.14. The predicted molar refractivity (Wildman–Crippen MR) is 97.9 cm³/mol. The van der Waals surface area contributed by atoms with Gasteiger partial charge >= 0.3 is 0 Å². The fourth-order valence-electron chi connectivity index (χ4n) is 3.33. The van der Waals surface area contributed by atoms with Crippen LogP contribution in [0.2, 0.25) is 0 Å². The molecule has 0 radical (unpaired) electrons. The zero-order chi connectivity index (χ0) is 19.0. The van der Waals surface area contributed by atoms with Gasteiger partial charge < -0.3 is 5.32 Å². The van der Waals surface area contributed by atoms with E-state index in [1.54, 1.807) is 24.3 Å². The molecule has 0 atom stereocenters. The Labute approximate surface area is 155 Å². The predicted octanol–water partition coefficient (Wildman–Crippen LogP) is 4.15. The summed E-state index contributed by atoms with van der Waals surface area (Å²) in [6, 6.07) is 18.8. The molecule has 0 unspecified atom stereocenters. The van der Waals surface area contributed by atoms with Crippen molar-refractivity contribution in [1.82, 2.24) is 5.32 Å². The Morgan fingerprint density at radius 1 is 0.889 bits per heavy atom. The quantitative estimate of drug-likeness (QED) is 0.752. The monoisotopic (exact) mass is 353 g/mol. The van der Waals surface area contributed by atoms with Crippen LogP contribution >= 0.6 is 0 Å². The molecule has 1 aliphatic rings. The van der Waals surface area contributed by atoms with Crippen molar-refractivity contribution in [2.75, 3.05) is 0 Å². The van der Waals surface area contributed by atoms with Crippen LogP contribution in [0.25, 0.3) is 22.3 Å². The fraction of sp³-hybridized carbons (Fsp3) is 0.0455. The van der Waals surface area contributed by atoms with E-state index in [0.717, 1.165) is 16.7 Å². The van der Waals surface area contributed by atoms with E-state index in [0.29, 0.717) is 34.4 Å². The van der Waals surface area contributed by atoms with E-state index in [9.17, 15) is 19.7 Å². The van der Waals surface area contributed by atoms with Gasteiger partial charge in [-0.15, -0.1) is 0 Å². The minimum absolute atomic E-state index is 0.196. The second-order valence-electron chi connectivity index (χ2n) is 6.23. The van der Waals surface area contributed by atoms with Gasteiger partial charge in [-0.2, -0.15) is 10.5 Å². The van der Waals surface area contributed by atoms with Crippen molar-refractivity contribution >= 4 is 5.91 Å². The van der Waals surface area contributed by atoms with E-state index in [-0.39, 0.29) is 5.91 Å². The van der Waals surface area contributed by atoms with Crippen LogP contribution in [0.15, 0.2) is 54.6 Å². The highest BCUT2D eigenvalue weighted by molar-refractivity contribution is 6.02. The number of fused-ring (bicyclic) bond motifs is 1. The minimum Gasteiger partial charge on any atom is -0.348 e. The SMILES string of the molecule is N#Cc1cccc(-c2cc3c(cc2-c2cc(F)ccc2C#N)C(=O)NC3)c1. The summed E-state index contributed by atoms with van der Waals surface area (Å²) in [5.74, 6) is -0.663. The molecule has 5 heteroatoms. The number of rotatable bonds is 2. The number of halogens is 1. The molecule has 0 bridgehead atoms. The first-order valence-corrected chi connectivity index (χ1v) is 8.26. The van der Waals surface area contributed by atoms with E-state index in [4.69, 9.17) is 0 Å². The summed E-state index contributed by atoms with van der Waals surface area (Å²) >= 11 is 0. The van der Waals surface area contributed by atoms with Gasteiger partial charge in [0.05, 0.1) is 23.3 Å². The summed E-state index contributed by atoms with van der Waals surface area (Å²) in [5.41, 5.74) is 4.65. The first-order chi connectivity index (χ1) is 13.1. The van der Waals surface area contributed by atoms with E-state index in [1.807, 2.05) is 12.1 Å². The number of nitrogens with zero attached hydrogens (tertiary/aromatic N) is 2. The number of nitrogens with one attached hydrogen (secondary N) is 1. The molecule has 0 spiro atoms. The minimum atomic E-state index is -0.467. The molecule has 4 rings (SSSR count). The summed E-state index contributed by atoms with van der Waals surface area (Å²) in [5, 5.41) is 21.4. The lowest BCUT2D eigenvalue weighted by molar-refractivity contribution is 0.0966. The lowest BCUT2D eigenvalue weighted by atomic mass is 9.88. The van der Waals surface area contributed by atoms with Crippen LogP contribution in [0, 0.1) is 28.5 Å². The third-order valence-electron chi connectivity index (χ3n) is 4.62. The molecule has 3 aromatic rings. The molecule has 128 valence electrons. The van der Waals surface area contributed by atoms with Gasteiger partial charge in [-0.25, -0.2) is 4.39 Å². The second kappa shape index (κ2) is 6.40. The highest BCUT2D eigenvalue weighted by atomic mass is 19.1. The average molecular weight is 353 g/mol. The Morgan fingerprint density at radius 2 is 1.74 bits per heavy atom. The Hall–Kier alpha value is -3.96. The lowest BCUT2D eigenvalue weighted by Crippen LogP contribution is -2.12. The van der Waals surface area contributed by atoms with Crippen LogP contribution < -0.4 is 5.32 Å². The van der Waals surface area contributed by atoms with Crippen molar-refractivity contribution in [3.05, 3.63) is 82.7 Å². The van der Waals surface area contributed by atoms with Crippen LogP contribution in [-0.2, 0) is 6.54 Å². The van der Waals surface area contributed by atoms with E-state index >= 15 is 0 Å². The molecule has 3 aromatic carbocycles. The van der Waals surface area contributed by atoms with Gasteiger partial charge in [0.2, 0.25) is 0 Å². The van der Waals surface area contributed by atoms with Crippen LogP contribution in [0.4, 0.5) is 4.39 Å². The Balaban J connectivity index is 2.05. The molecular formula is C22H12FN3O. The van der Waals surface area contributed by atoms with Crippen LogP contribution in [0.1, 0.15) is 27.0 Å². The van der Waals surface area contributed by atoms with Crippen molar-refractivity contribution in [2.24, 2.45) is 0 Å². The molecule has 27 heavy (non-hydrogen) atoms. The maximum absolute atomic E-state index is 13.9. The molecule has 0 saturated heterocycles. The molecular weight excluding hydrogens is 341 g/mol. The van der Waals surface area contributed by atoms with Crippen LogP contribution in [-0.4, -0.2) is 5.91 Å². The molecule has 1 N–H and O–H groups in total. The van der Waals surface area contributed by atoms with Crippen molar-refractivity contribution in [3.63, 3.8) is 0 Å². The topological polar surface area (TPSA) is 76.7 Å². The first-order valence-electron chi connectivity index (χ1n) is 8.26. The molecule has 0 aliphatic carbocycles. The zero-order valence-electron chi connectivity index (χ0n) is 14.1. The smallest absolute Gasteiger partial charge is 0.251 e. The first kappa shape index (κ1) is 16.5. The van der Waals surface area contributed by atoms with Gasteiger partial charge in [0.1, 0.15) is 5.82 Å². The van der Waals surface area contributed by atoms with Crippen molar-refractivity contribution in [2.45, 2.75) is 6.54 Å². The third-order valence-corrected chi connectivity index (χ3v) is 4.62. The van der Waals surface area contributed by atoms with Crippen molar-refractivity contribution in [3.8, 4) is 34.4 Å². The van der Waals surface area contributed by atoms with Gasteiger partial charge in [0, 0.05) is 17.7 Å². The second-order valence-corrected chi connectivity index (χ2v) is 6.23. The molecule has 1 aliphatic heterocycles. The number of hydrogen-bond acceptors (Lipinski definition) is 3. The number of amides is 1. The van der Waals surface area contributed by atoms with Crippen molar-refractivity contribution < 1.29 is 9.18 Å². The van der Waals surface area contributed by atoms with Gasteiger partial charge in [0.25, 0.3) is 5.91 Å². The zero-order valence-corrected chi connectivity index (χ0v) is 14.1. The van der Waals surface area contributed by atoms with Gasteiger partial charge in [-0.05, 0) is 64.7 Å². The summed E-state index contributed by atoms with van der Waals surface area (Å²) < 4.78 is 13.9. The van der Waals surface area contributed by atoms with Crippen LogP contribution in [0.5, 0.6) is 0 Å². The van der Waals surface area contributed by atoms with E-state index < -0.39 is 5.82 Å². The fourth-order valence-corrected chi connectivity index (χ4v) is 3.33. The van der Waals surface area contributed by atoms with Gasteiger partial charge in [0.15, 0.2) is 0 Å². The van der Waals surface area contributed by atoms with Crippen molar-refractivity contribution in [1.29, 1.82) is 10.5 Å². The molecule has 4 nitrogen and oxygen atoms in total. The average Bonchev–Trinajstić information content (AvgIpc) is 3.07. The normalized spacial score (nSPS) is 12.0. The van der Waals surface area contributed by atoms with Crippen LogP contribution in [0.3, 0.4) is 0 Å². The number of carbonyl (C=O) groups is 1. The number of carbonyl (C=O) groups excluding carboxylic acids is 1. The highest BCUT2D eigenvalue weighted by Crippen LogP contribution is 2.38. The maximum Gasteiger partial charge on any atom is 0.251 e. The van der Waals surface area contributed by atoms with Gasteiger partial charge in [-0.1, -0.05) is 12.1 Å². The molecule has 0 aromatic heterocycles. The number of benzene rings is 3. The van der Waals surface area contributed by atoms with E-state index in [1.165, 1.54) is 18.2 Å². The molecule has 1 amide bonds. The largest absolute Gasteiger partial charge is 0.348 e. The molecule has 1 heterocycles. The Kier molecular flexibility index (Phi) is 3.91. The number of hydrogen-bond donors (Lipinski definition) is 1. The molecule has 0 saturated carbocycles. The summed E-state index contributed by atoms with van der Waals surface area (Å²) in [7, 11) is 0.